The van der Waals surface area contributed by atoms with Crippen LogP contribution in [0.3, 0.4) is 0 Å². The summed E-state index contributed by atoms with van der Waals surface area (Å²) in [7, 11) is 1.53. The van der Waals surface area contributed by atoms with Gasteiger partial charge in [-0.25, -0.2) is 9.37 Å². The molecule has 6 heteroatoms. The molecule has 2 heterocycles. The third-order valence-electron chi connectivity index (χ3n) is 2.78. The minimum absolute atomic E-state index is 0.353. The molecule has 0 unspecified atom stereocenters. The fourth-order valence-corrected chi connectivity index (χ4v) is 1.84. The molecule has 0 spiro atoms. The van der Waals surface area contributed by atoms with Crippen molar-refractivity contribution in [3.8, 4) is 17.3 Å². The van der Waals surface area contributed by atoms with Gasteiger partial charge in [-0.05, 0) is 24.3 Å². The molecular formula is C13H11FN4O. The van der Waals surface area contributed by atoms with E-state index in [1.54, 1.807) is 24.3 Å². The molecule has 0 aliphatic heterocycles. The summed E-state index contributed by atoms with van der Waals surface area (Å²) in [6, 6.07) is 7.96. The Morgan fingerprint density at radius 1 is 1.21 bits per heavy atom. The number of rotatable bonds is 2. The maximum atomic E-state index is 13.8. The van der Waals surface area contributed by atoms with E-state index >= 15 is 0 Å². The van der Waals surface area contributed by atoms with Crippen molar-refractivity contribution >= 4 is 16.9 Å². The van der Waals surface area contributed by atoms with Gasteiger partial charge in [0.25, 0.3) is 0 Å². The highest BCUT2D eigenvalue weighted by Gasteiger charge is 2.11. The number of hydrogen-bond acceptors (Lipinski definition) is 4. The van der Waals surface area contributed by atoms with Crippen LogP contribution < -0.4 is 10.5 Å². The molecule has 0 bridgehead atoms. The third-order valence-corrected chi connectivity index (χ3v) is 2.78. The summed E-state index contributed by atoms with van der Waals surface area (Å²) < 4.78 is 18.8. The monoisotopic (exact) mass is 258 g/mol. The summed E-state index contributed by atoms with van der Waals surface area (Å²) in [4.78, 5) is 11.4. The molecule has 0 fully saturated rings. The SMILES string of the molecule is COc1ccc2[nH]c(-c3ccc(N)cc3F)nc2n1. The van der Waals surface area contributed by atoms with Gasteiger partial charge in [-0.3, -0.25) is 0 Å². The highest BCUT2D eigenvalue weighted by molar-refractivity contribution is 5.76. The van der Waals surface area contributed by atoms with Crippen molar-refractivity contribution in [2.24, 2.45) is 0 Å². The highest BCUT2D eigenvalue weighted by atomic mass is 19.1. The van der Waals surface area contributed by atoms with Crippen LogP contribution in [-0.2, 0) is 0 Å². The smallest absolute Gasteiger partial charge is 0.215 e. The number of anilines is 1. The molecule has 0 saturated heterocycles. The molecule has 1 aromatic carbocycles. The predicted molar refractivity (Wildman–Crippen MR) is 70.2 cm³/mol. The third kappa shape index (κ3) is 1.97. The van der Waals surface area contributed by atoms with E-state index in [0.29, 0.717) is 34.1 Å². The van der Waals surface area contributed by atoms with Gasteiger partial charge < -0.3 is 15.5 Å². The van der Waals surface area contributed by atoms with Crippen LogP contribution in [0.2, 0.25) is 0 Å². The van der Waals surface area contributed by atoms with Crippen LogP contribution in [0, 0.1) is 5.82 Å². The van der Waals surface area contributed by atoms with Gasteiger partial charge in [0.15, 0.2) is 5.65 Å². The van der Waals surface area contributed by atoms with E-state index in [0.717, 1.165) is 0 Å². The van der Waals surface area contributed by atoms with Crippen LogP contribution in [0.1, 0.15) is 0 Å². The number of nitrogens with zero attached hydrogens (tertiary/aromatic N) is 2. The number of nitrogens with one attached hydrogen (secondary N) is 1. The zero-order valence-electron chi connectivity index (χ0n) is 10.1. The Balaban J connectivity index is 2.14. The van der Waals surface area contributed by atoms with E-state index in [-0.39, 0.29) is 0 Å². The summed E-state index contributed by atoms with van der Waals surface area (Å²) in [6.07, 6.45) is 0. The number of aromatic amines is 1. The molecule has 19 heavy (non-hydrogen) atoms. The Morgan fingerprint density at radius 3 is 2.79 bits per heavy atom. The quantitative estimate of drug-likeness (QED) is 0.692. The van der Waals surface area contributed by atoms with Crippen LogP contribution in [0.5, 0.6) is 5.88 Å². The van der Waals surface area contributed by atoms with Crippen LogP contribution in [0.4, 0.5) is 10.1 Å². The Labute approximate surface area is 108 Å². The van der Waals surface area contributed by atoms with E-state index in [9.17, 15) is 4.39 Å². The molecule has 0 amide bonds. The number of imidazole rings is 1. The van der Waals surface area contributed by atoms with Crippen molar-refractivity contribution in [3.05, 3.63) is 36.1 Å². The molecule has 3 N–H and O–H groups in total. The molecule has 0 radical (unpaired) electrons. The molecule has 96 valence electrons. The van der Waals surface area contributed by atoms with Crippen molar-refractivity contribution in [2.45, 2.75) is 0 Å². The number of aromatic nitrogens is 3. The van der Waals surface area contributed by atoms with Gasteiger partial charge in [-0.15, -0.1) is 0 Å². The molecule has 2 aromatic heterocycles. The van der Waals surface area contributed by atoms with Gasteiger partial charge in [0.2, 0.25) is 5.88 Å². The Hall–Kier alpha value is -2.63. The molecule has 3 rings (SSSR count). The largest absolute Gasteiger partial charge is 0.481 e. The average molecular weight is 258 g/mol. The Kier molecular flexibility index (Phi) is 2.56. The van der Waals surface area contributed by atoms with Gasteiger partial charge >= 0.3 is 0 Å². The summed E-state index contributed by atoms with van der Waals surface area (Å²) in [5.74, 6) is 0.447. The summed E-state index contributed by atoms with van der Waals surface area (Å²) >= 11 is 0. The number of nitrogen functional groups attached to an aromatic ring is 1. The maximum absolute atomic E-state index is 13.8. The van der Waals surface area contributed by atoms with Gasteiger partial charge in [0.1, 0.15) is 11.6 Å². The number of benzene rings is 1. The van der Waals surface area contributed by atoms with E-state index in [1.165, 1.54) is 13.2 Å². The number of methoxy groups -OCH3 is 1. The molecule has 0 aliphatic carbocycles. The van der Waals surface area contributed by atoms with Crippen LogP contribution in [0.25, 0.3) is 22.6 Å². The first-order chi connectivity index (χ1) is 9.17. The fraction of sp³-hybridized carbons (Fsp3) is 0.0769. The summed E-state index contributed by atoms with van der Waals surface area (Å²) in [6.45, 7) is 0. The van der Waals surface area contributed by atoms with Crippen molar-refractivity contribution in [1.29, 1.82) is 0 Å². The lowest BCUT2D eigenvalue weighted by Gasteiger charge is -1.99. The molecule has 5 nitrogen and oxygen atoms in total. The van der Waals surface area contributed by atoms with Gasteiger partial charge in [0.05, 0.1) is 18.2 Å². The Bertz CT molecular complexity index is 753. The second-order valence-corrected chi connectivity index (χ2v) is 4.05. The number of ether oxygens (including phenoxy) is 1. The van der Waals surface area contributed by atoms with Crippen molar-refractivity contribution in [2.75, 3.05) is 12.8 Å². The lowest BCUT2D eigenvalue weighted by Crippen LogP contribution is -1.90. The number of pyridine rings is 1. The number of fused-ring (bicyclic) bond motifs is 1. The lowest BCUT2D eigenvalue weighted by atomic mass is 10.2. The van der Waals surface area contributed by atoms with E-state index in [4.69, 9.17) is 10.5 Å². The first kappa shape index (κ1) is 11.5. The first-order valence-electron chi connectivity index (χ1n) is 5.63. The van der Waals surface area contributed by atoms with Crippen molar-refractivity contribution in [3.63, 3.8) is 0 Å². The lowest BCUT2D eigenvalue weighted by molar-refractivity contribution is 0.399. The van der Waals surface area contributed by atoms with Crippen LogP contribution in [-0.4, -0.2) is 22.1 Å². The topological polar surface area (TPSA) is 76.8 Å². The van der Waals surface area contributed by atoms with Crippen molar-refractivity contribution < 1.29 is 9.13 Å². The summed E-state index contributed by atoms with van der Waals surface area (Å²) in [5.41, 5.74) is 7.44. The zero-order valence-corrected chi connectivity index (χ0v) is 10.1. The van der Waals surface area contributed by atoms with Gasteiger partial charge in [0, 0.05) is 11.8 Å². The second-order valence-electron chi connectivity index (χ2n) is 4.05. The number of halogens is 1. The minimum atomic E-state index is -0.425. The van der Waals surface area contributed by atoms with Gasteiger partial charge in [-0.1, -0.05) is 0 Å². The molecular weight excluding hydrogens is 247 g/mol. The van der Waals surface area contributed by atoms with Gasteiger partial charge in [-0.2, -0.15) is 4.98 Å². The van der Waals surface area contributed by atoms with E-state index < -0.39 is 5.82 Å². The minimum Gasteiger partial charge on any atom is -0.481 e. The maximum Gasteiger partial charge on any atom is 0.215 e. The van der Waals surface area contributed by atoms with Crippen LogP contribution >= 0.6 is 0 Å². The van der Waals surface area contributed by atoms with Crippen LogP contribution in [0.15, 0.2) is 30.3 Å². The number of H-pyrrole nitrogens is 1. The molecule has 0 saturated carbocycles. The first-order valence-corrected chi connectivity index (χ1v) is 5.63. The fourth-order valence-electron chi connectivity index (χ4n) is 1.84. The normalized spacial score (nSPS) is 10.8. The molecule has 0 atom stereocenters. The van der Waals surface area contributed by atoms with E-state index in [1.807, 2.05) is 0 Å². The number of hydrogen-bond donors (Lipinski definition) is 2. The van der Waals surface area contributed by atoms with Crippen molar-refractivity contribution in [1.82, 2.24) is 15.0 Å². The Morgan fingerprint density at radius 2 is 2.05 bits per heavy atom. The number of nitrogens with two attached hydrogens (primary N) is 1. The zero-order chi connectivity index (χ0) is 13.4. The summed E-state index contributed by atoms with van der Waals surface area (Å²) in [5, 5.41) is 0. The molecule has 0 aliphatic rings. The second kappa shape index (κ2) is 4.24. The predicted octanol–water partition coefficient (Wildman–Crippen LogP) is 2.35. The highest BCUT2D eigenvalue weighted by Crippen LogP contribution is 2.24. The average Bonchev–Trinajstić information content (AvgIpc) is 2.80. The van der Waals surface area contributed by atoms with E-state index in [2.05, 4.69) is 15.0 Å². The standard InChI is InChI=1S/C13H11FN4O/c1-19-11-5-4-10-13(17-11)18-12(16-10)8-3-2-7(15)6-9(8)14/h2-6H,15H2,1H3,(H,16,17,18). The molecule has 3 aromatic rings.